The van der Waals surface area contributed by atoms with Crippen molar-refractivity contribution in [1.29, 1.82) is 10.0 Å². The molecule has 12 heteroatoms. The number of alkyl halides is 3. The van der Waals surface area contributed by atoms with Gasteiger partial charge in [-0.25, -0.2) is 9.97 Å². The summed E-state index contributed by atoms with van der Waals surface area (Å²) in [6.07, 6.45) is -2.61. The normalized spacial score (nSPS) is 11.7. The highest BCUT2D eigenvalue weighted by atomic mass is 32.2. The Morgan fingerprint density at radius 1 is 1.19 bits per heavy atom. The Bertz CT molecular complexity index is 1220. The molecule has 0 spiro atoms. The molecule has 166 valence electrons. The number of nitrogens with zero attached hydrogens (tertiary/aromatic N) is 5. The molecule has 3 aromatic heterocycles. The number of nitrogens with one attached hydrogen (secondary N) is 1. The first-order valence-corrected chi connectivity index (χ1v) is 10.2. The lowest BCUT2D eigenvalue weighted by Gasteiger charge is -2.20. The molecule has 0 aliphatic rings. The molecule has 31 heavy (non-hydrogen) atoms. The van der Waals surface area contributed by atoms with Gasteiger partial charge in [-0.2, -0.15) is 29.0 Å². The van der Waals surface area contributed by atoms with Crippen molar-refractivity contribution in [1.82, 2.24) is 19.5 Å². The van der Waals surface area contributed by atoms with Crippen LogP contribution in [0.3, 0.4) is 0 Å². The minimum absolute atomic E-state index is 0.0215. The highest BCUT2D eigenvalue weighted by molar-refractivity contribution is 7.73. The average Bonchev–Trinajstić information content (AvgIpc) is 3.04. The van der Waals surface area contributed by atoms with Gasteiger partial charge in [-0.05, 0) is 26.0 Å². The van der Waals surface area contributed by atoms with Gasteiger partial charge in [-0.3, -0.25) is 4.98 Å². The molecule has 0 aliphatic heterocycles. The maximum Gasteiger partial charge on any atom is 0.417 e. The van der Waals surface area contributed by atoms with Crippen molar-refractivity contribution in [3.8, 4) is 23.3 Å². The Labute approximate surface area is 178 Å². The van der Waals surface area contributed by atoms with Crippen LogP contribution in [0.4, 0.5) is 13.2 Å². The van der Waals surface area contributed by atoms with E-state index in [1.165, 1.54) is 37.7 Å². The second kappa shape index (κ2) is 8.89. The van der Waals surface area contributed by atoms with Gasteiger partial charge in [0.25, 0.3) is 0 Å². The average molecular weight is 453 g/mol. The lowest BCUT2D eigenvalue weighted by atomic mass is 10.2. The first-order valence-electron chi connectivity index (χ1n) is 9.06. The Balaban J connectivity index is 0.00000166. The number of fused-ring (bicyclic) bond motifs is 1. The summed E-state index contributed by atoms with van der Waals surface area (Å²) in [5, 5.41) is 9.07. The van der Waals surface area contributed by atoms with Crippen LogP contribution in [0.15, 0.2) is 29.4 Å². The van der Waals surface area contributed by atoms with Crippen molar-refractivity contribution >= 4 is 21.8 Å². The summed E-state index contributed by atoms with van der Waals surface area (Å²) in [7, 11) is -0.739. The fraction of sp³-hybridized carbons (Fsp3) is 0.368. The lowest BCUT2D eigenvalue weighted by Crippen LogP contribution is -2.25. The predicted octanol–water partition coefficient (Wildman–Crippen LogP) is 4.84. The molecule has 3 aromatic rings. The van der Waals surface area contributed by atoms with E-state index < -0.39 is 27.9 Å². The van der Waals surface area contributed by atoms with Crippen LogP contribution in [0.25, 0.3) is 22.7 Å². The molecule has 0 radical (unpaired) electrons. The van der Waals surface area contributed by atoms with Crippen LogP contribution in [-0.2, 0) is 28.0 Å². The third kappa shape index (κ3) is 5.11. The Morgan fingerprint density at radius 3 is 2.39 bits per heavy atom. The molecule has 8 nitrogen and oxygen atoms in total. The molecule has 1 N–H and O–H groups in total. The van der Waals surface area contributed by atoms with Gasteiger partial charge in [-0.1, -0.05) is 18.7 Å². The fourth-order valence-corrected chi connectivity index (χ4v) is 3.09. The van der Waals surface area contributed by atoms with Crippen LogP contribution in [0, 0.1) is 16.1 Å². The number of aryl methyl sites for hydroxylation is 1. The van der Waals surface area contributed by atoms with Crippen molar-refractivity contribution in [3.05, 3.63) is 30.1 Å². The number of nitriles is 1. The van der Waals surface area contributed by atoms with Crippen molar-refractivity contribution in [2.24, 2.45) is 7.05 Å². The van der Waals surface area contributed by atoms with Crippen molar-refractivity contribution in [2.75, 3.05) is 0 Å². The smallest absolute Gasteiger partial charge is 0.417 e. The second-order valence-electron chi connectivity index (χ2n) is 6.57. The van der Waals surface area contributed by atoms with E-state index in [4.69, 9.17) is 14.8 Å². The van der Waals surface area contributed by atoms with Crippen molar-refractivity contribution < 1.29 is 22.1 Å². The summed E-state index contributed by atoms with van der Waals surface area (Å²) in [5.74, 6) is 0.209. The zero-order chi connectivity index (χ0) is 23.6. The summed E-state index contributed by atoms with van der Waals surface area (Å²) in [4.78, 5) is 12.0. The van der Waals surface area contributed by atoms with Crippen LogP contribution in [0.5, 0.6) is 5.75 Å². The number of halogens is 3. The summed E-state index contributed by atoms with van der Waals surface area (Å²) >= 11 is 0. The molecule has 0 aromatic carbocycles. The van der Waals surface area contributed by atoms with E-state index in [-0.39, 0.29) is 33.3 Å². The van der Waals surface area contributed by atoms with Crippen LogP contribution in [0.2, 0.25) is 0 Å². The summed E-state index contributed by atoms with van der Waals surface area (Å²) in [5.41, 5.74) is -1.95. The van der Waals surface area contributed by atoms with Gasteiger partial charge in [0, 0.05) is 13.2 Å². The summed E-state index contributed by atoms with van der Waals surface area (Å²) in [6, 6.07) is 4.09. The third-order valence-electron chi connectivity index (χ3n) is 3.92. The summed E-state index contributed by atoms with van der Waals surface area (Å²) in [6.45, 7) is 7.04. The molecule has 3 rings (SSSR count). The standard InChI is InChI=1S/C17H14F3N6O2S.C2H6/c1-16(2,8-21)28-10-5-12(29(22)27)13(23-7-10)15-25-11-4-9(17(18,19)20)6-24-14(11)26(15)3;1-2/h4-7,22H,1-3H3;1-2H3/q-1;. The third-order valence-corrected chi connectivity index (χ3v) is 4.63. The monoisotopic (exact) mass is 453 g/mol. The number of ether oxygens (including phenoxy) is 1. The molecule has 0 atom stereocenters. The zero-order valence-electron chi connectivity index (χ0n) is 17.4. The minimum atomic E-state index is -4.57. The van der Waals surface area contributed by atoms with Crippen molar-refractivity contribution in [3.63, 3.8) is 0 Å². The van der Waals surface area contributed by atoms with Gasteiger partial charge in [-0.15, -0.1) is 0 Å². The molecule has 0 fully saturated rings. The number of rotatable bonds is 4. The van der Waals surface area contributed by atoms with E-state index in [0.717, 1.165) is 6.07 Å². The van der Waals surface area contributed by atoms with Gasteiger partial charge < -0.3 is 18.3 Å². The molecule has 0 saturated carbocycles. The van der Waals surface area contributed by atoms with Gasteiger partial charge >= 0.3 is 6.18 Å². The van der Waals surface area contributed by atoms with E-state index in [0.29, 0.717) is 6.20 Å². The number of pyridine rings is 2. The first-order chi connectivity index (χ1) is 14.4. The number of aromatic nitrogens is 4. The Kier molecular flexibility index (Phi) is 6.90. The Morgan fingerprint density at radius 2 is 1.84 bits per heavy atom. The molecule has 0 aliphatic carbocycles. The van der Waals surface area contributed by atoms with Gasteiger partial charge in [0.15, 0.2) is 17.1 Å². The molecule has 0 amide bonds. The molecule has 0 saturated heterocycles. The summed E-state index contributed by atoms with van der Waals surface area (Å²) < 4.78 is 65.2. The van der Waals surface area contributed by atoms with Gasteiger partial charge in [0.05, 0.1) is 17.5 Å². The Hall–Kier alpha value is -3.20. The van der Waals surface area contributed by atoms with E-state index in [2.05, 4.69) is 15.0 Å². The largest absolute Gasteiger partial charge is 0.471 e. The van der Waals surface area contributed by atoms with Crippen LogP contribution in [-0.4, -0.2) is 25.1 Å². The lowest BCUT2D eigenvalue weighted by molar-refractivity contribution is -0.137. The van der Waals surface area contributed by atoms with Crippen molar-refractivity contribution in [2.45, 2.75) is 44.4 Å². The highest BCUT2D eigenvalue weighted by Gasteiger charge is 2.32. The fourth-order valence-electron chi connectivity index (χ4n) is 2.55. The SMILES string of the molecule is CC.Cn1c(-c2ncc(OC(C)(C)C#N)cc2[S-](=N)=O)nc2cc(C(F)(F)F)cnc21. The maximum absolute atomic E-state index is 12.9. The van der Waals surface area contributed by atoms with E-state index in [9.17, 15) is 17.4 Å². The maximum atomic E-state index is 12.9. The van der Waals surface area contributed by atoms with E-state index >= 15 is 0 Å². The molecular weight excluding hydrogens is 433 g/mol. The molecule has 0 bridgehead atoms. The number of hydrogen-bond acceptors (Lipinski definition) is 8. The second-order valence-corrected chi connectivity index (χ2v) is 7.55. The van der Waals surface area contributed by atoms with Gasteiger partial charge in [0.1, 0.15) is 17.3 Å². The molecular formula is C19H20F3N6O2S-. The number of hydrogen-bond donors (Lipinski definition) is 1. The van der Waals surface area contributed by atoms with Crippen LogP contribution in [0.1, 0.15) is 33.3 Å². The van der Waals surface area contributed by atoms with Crippen LogP contribution >= 0.6 is 0 Å². The zero-order valence-corrected chi connectivity index (χ0v) is 18.2. The molecule has 0 unspecified atom stereocenters. The van der Waals surface area contributed by atoms with E-state index in [1.54, 1.807) is 0 Å². The predicted molar refractivity (Wildman–Crippen MR) is 107 cm³/mol. The minimum Gasteiger partial charge on any atom is -0.471 e. The highest BCUT2D eigenvalue weighted by Crippen LogP contribution is 2.32. The first kappa shape index (κ1) is 24.1. The topological polar surface area (TPSA) is 118 Å². The van der Waals surface area contributed by atoms with Gasteiger partial charge in [0.2, 0.25) is 0 Å². The van der Waals surface area contributed by atoms with E-state index in [1.807, 2.05) is 19.9 Å². The number of imidazole rings is 1. The van der Waals surface area contributed by atoms with Crippen LogP contribution < -0.4 is 4.74 Å². The quantitative estimate of drug-likeness (QED) is 0.565. The molecule has 3 heterocycles.